The summed E-state index contributed by atoms with van der Waals surface area (Å²) in [6.07, 6.45) is 0. The number of nitrogens with zero attached hydrogens (tertiary/aromatic N) is 4. The minimum atomic E-state index is -0.897. The molecule has 0 radical (unpaired) electrons. The van der Waals surface area contributed by atoms with E-state index in [-0.39, 0.29) is 11.4 Å². The first-order valence-corrected chi connectivity index (χ1v) is 7.72. The Kier molecular flexibility index (Phi) is 3.37. The zero-order valence-corrected chi connectivity index (χ0v) is 13.3. The lowest BCUT2D eigenvalue weighted by atomic mass is 10.0. The fraction of sp³-hybridized carbons (Fsp3) is 0.0556. The van der Waals surface area contributed by atoms with E-state index in [0.717, 1.165) is 13.9 Å². The average molecular weight is 349 g/mol. The van der Waals surface area contributed by atoms with E-state index in [4.69, 9.17) is 5.73 Å². The van der Waals surface area contributed by atoms with Gasteiger partial charge in [0.25, 0.3) is 0 Å². The number of hydrogen-bond donors (Lipinski definition) is 1. The maximum absolute atomic E-state index is 13.3. The van der Waals surface area contributed by atoms with Crippen LogP contribution >= 0.6 is 0 Å². The van der Waals surface area contributed by atoms with Crippen LogP contribution in [0.4, 0.5) is 4.39 Å². The Hall–Kier alpha value is -3.86. The van der Waals surface area contributed by atoms with Gasteiger partial charge in [-0.1, -0.05) is 30.3 Å². The molecule has 128 valence electrons. The van der Waals surface area contributed by atoms with Gasteiger partial charge in [0.05, 0.1) is 5.69 Å². The number of halogens is 1. The van der Waals surface area contributed by atoms with Crippen molar-refractivity contribution < 1.29 is 4.39 Å². The molecule has 0 amide bonds. The van der Waals surface area contributed by atoms with Crippen LogP contribution < -0.4 is 17.1 Å². The third-order valence-corrected chi connectivity index (χ3v) is 4.32. The molecule has 8 heteroatoms. The van der Waals surface area contributed by atoms with Crippen LogP contribution in [0.15, 0.2) is 69.8 Å². The van der Waals surface area contributed by atoms with Gasteiger partial charge in [0.15, 0.2) is 0 Å². The van der Waals surface area contributed by atoms with E-state index in [1.807, 2.05) is 6.07 Å². The Bertz CT molecular complexity index is 1190. The van der Waals surface area contributed by atoms with Crippen molar-refractivity contribution in [3.05, 3.63) is 92.5 Å². The van der Waals surface area contributed by atoms with Crippen molar-refractivity contribution in [3.8, 4) is 11.8 Å². The van der Waals surface area contributed by atoms with Crippen molar-refractivity contribution in [2.45, 2.75) is 6.04 Å². The van der Waals surface area contributed by atoms with Crippen LogP contribution in [0.1, 0.15) is 11.6 Å². The Labute approximate surface area is 146 Å². The molecule has 2 heterocycles. The smallest absolute Gasteiger partial charge is 0.358 e. The molecule has 3 aromatic rings. The summed E-state index contributed by atoms with van der Waals surface area (Å²) < 4.78 is 16.4. The number of para-hydroxylation sites is 1. The van der Waals surface area contributed by atoms with Gasteiger partial charge >= 0.3 is 11.4 Å². The zero-order valence-electron chi connectivity index (χ0n) is 13.3. The van der Waals surface area contributed by atoms with E-state index in [2.05, 4.69) is 0 Å². The number of nitrogens with two attached hydrogens (primary N) is 1. The van der Waals surface area contributed by atoms with Gasteiger partial charge in [-0.05, 0) is 29.8 Å². The topological polar surface area (TPSA) is 98.7 Å². The molecule has 0 bridgehead atoms. The lowest BCUT2D eigenvalue weighted by Crippen LogP contribution is -2.30. The lowest BCUT2D eigenvalue weighted by Gasteiger charge is -2.12. The van der Waals surface area contributed by atoms with Crippen molar-refractivity contribution in [1.82, 2.24) is 13.9 Å². The molecule has 1 aromatic heterocycles. The first-order valence-electron chi connectivity index (χ1n) is 7.72. The second-order valence-corrected chi connectivity index (χ2v) is 5.76. The largest absolute Gasteiger partial charge is 0.383 e. The van der Waals surface area contributed by atoms with Gasteiger partial charge in [-0.25, -0.2) is 23.2 Å². The molecule has 0 spiro atoms. The molecule has 1 aliphatic rings. The second-order valence-electron chi connectivity index (χ2n) is 5.76. The van der Waals surface area contributed by atoms with Crippen LogP contribution in [0.2, 0.25) is 0 Å². The highest BCUT2D eigenvalue weighted by Gasteiger charge is 2.36. The molecule has 0 fully saturated rings. The molecule has 1 unspecified atom stereocenters. The van der Waals surface area contributed by atoms with Crippen molar-refractivity contribution in [1.29, 1.82) is 5.26 Å². The molecule has 4 rings (SSSR count). The molecule has 0 saturated heterocycles. The highest BCUT2D eigenvalue weighted by Crippen LogP contribution is 2.32. The second kappa shape index (κ2) is 5.60. The van der Waals surface area contributed by atoms with Crippen LogP contribution in [-0.4, -0.2) is 13.9 Å². The third kappa shape index (κ3) is 2.04. The van der Waals surface area contributed by atoms with E-state index >= 15 is 0 Å². The molecule has 0 saturated carbocycles. The summed E-state index contributed by atoms with van der Waals surface area (Å²) in [5, 5.41) is 9.48. The van der Waals surface area contributed by atoms with Crippen LogP contribution in [0.3, 0.4) is 0 Å². The van der Waals surface area contributed by atoms with Gasteiger partial charge in [-0.3, -0.25) is 0 Å². The van der Waals surface area contributed by atoms with Crippen molar-refractivity contribution >= 4 is 5.82 Å². The molecule has 0 aliphatic carbocycles. The number of allylic oxidation sites excluding steroid dienone is 1. The summed E-state index contributed by atoms with van der Waals surface area (Å²) in [4.78, 5) is 25.8. The lowest BCUT2D eigenvalue weighted by molar-refractivity contribution is 0.552. The molecule has 2 aromatic carbocycles. The zero-order chi connectivity index (χ0) is 18.4. The Morgan fingerprint density at radius 2 is 1.65 bits per heavy atom. The van der Waals surface area contributed by atoms with Gasteiger partial charge in [0, 0.05) is 0 Å². The Morgan fingerprint density at radius 1 is 1.00 bits per heavy atom. The number of fused-ring (bicyclic) bond motifs is 1. The quantitative estimate of drug-likeness (QED) is 0.751. The van der Waals surface area contributed by atoms with Gasteiger partial charge in [0.1, 0.15) is 29.3 Å². The van der Waals surface area contributed by atoms with E-state index in [1.54, 1.807) is 30.3 Å². The predicted octanol–water partition coefficient (Wildman–Crippen LogP) is 1.19. The monoisotopic (exact) mass is 349 g/mol. The molecular weight excluding hydrogens is 337 g/mol. The highest BCUT2D eigenvalue weighted by atomic mass is 19.1. The number of benzene rings is 2. The summed E-state index contributed by atoms with van der Waals surface area (Å²) in [6.45, 7) is 0. The van der Waals surface area contributed by atoms with Gasteiger partial charge < -0.3 is 5.73 Å². The summed E-state index contributed by atoms with van der Waals surface area (Å²) >= 11 is 0. The fourth-order valence-corrected chi connectivity index (χ4v) is 3.15. The van der Waals surface area contributed by atoms with Crippen molar-refractivity contribution in [3.63, 3.8) is 0 Å². The van der Waals surface area contributed by atoms with Crippen LogP contribution in [0.25, 0.3) is 11.5 Å². The third-order valence-electron chi connectivity index (χ3n) is 4.32. The minimum Gasteiger partial charge on any atom is -0.383 e. The maximum Gasteiger partial charge on any atom is 0.358 e. The highest BCUT2D eigenvalue weighted by molar-refractivity contribution is 5.60. The van der Waals surface area contributed by atoms with E-state index in [1.165, 1.54) is 24.3 Å². The summed E-state index contributed by atoms with van der Waals surface area (Å²) in [6, 6.07) is 14.8. The summed E-state index contributed by atoms with van der Waals surface area (Å²) in [5.74, 6) is -0.563. The predicted molar refractivity (Wildman–Crippen MR) is 91.8 cm³/mol. The molecular formula is C18H12FN5O2. The average Bonchev–Trinajstić information content (AvgIpc) is 3.09. The standard InChI is InChI=1S/C18H12FN5O2/c19-12-8-6-11(7-9-12)15-14(10-20)16(21)24-18(26)22(17(25)23(15)24)13-4-2-1-3-5-13/h1-9,15H,21H2. The minimum absolute atomic E-state index is 0.0611. The summed E-state index contributed by atoms with van der Waals surface area (Å²) in [7, 11) is 0. The van der Waals surface area contributed by atoms with Crippen molar-refractivity contribution in [2.24, 2.45) is 5.73 Å². The van der Waals surface area contributed by atoms with Crippen molar-refractivity contribution in [2.75, 3.05) is 0 Å². The molecule has 7 nitrogen and oxygen atoms in total. The van der Waals surface area contributed by atoms with Crippen LogP contribution in [0.5, 0.6) is 0 Å². The maximum atomic E-state index is 13.3. The fourth-order valence-electron chi connectivity index (χ4n) is 3.15. The van der Waals surface area contributed by atoms with E-state index < -0.39 is 23.2 Å². The normalized spacial score (nSPS) is 15.8. The number of rotatable bonds is 2. The first-order chi connectivity index (χ1) is 12.5. The Balaban J connectivity index is 2.03. The van der Waals surface area contributed by atoms with Gasteiger partial charge in [-0.2, -0.15) is 9.94 Å². The number of nitriles is 1. The van der Waals surface area contributed by atoms with E-state index in [9.17, 15) is 19.2 Å². The van der Waals surface area contributed by atoms with Crippen LogP contribution in [0, 0.1) is 17.1 Å². The molecule has 2 N–H and O–H groups in total. The van der Waals surface area contributed by atoms with Gasteiger partial charge in [0.2, 0.25) is 0 Å². The molecule has 1 atom stereocenters. The number of aromatic nitrogens is 3. The Morgan fingerprint density at radius 3 is 2.27 bits per heavy atom. The van der Waals surface area contributed by atoms with Gasteiger partial charge in [-0.15, -0.1) is 0 Å². The number of hydrogen-bond acceptors (Lipinski definition) is 4. The SMILES string of the molecule is N#CC1=C(N)n2c(=O)n(-c3ccccc3)c(=O)n2C1c1ccc(F)cc1. The van der Waals surface area contributed by atoms with Crippen LogP contribution in [-0.2, 0) is 0 Å². The first kappa shape index (κ1) is 15.7. The molecule has 1 aliphatic heterocycles. The van der Waals surface area contributed by atoms with E-state index in [0.29, 0.717) is 11.3 Å². The summed E-state index contributed by atoms with van der Waals surface area (Å²) in [5.41, 5.74) is 5.61. The molecule has 26 heavy (non-hydrogen) atoms.